The summed E-state index contributed by atoms with van der Waals surface area (Å²) in [6, 6.07) is 0.662. The van der Waals surface area contributed by atoms with E-state index in [0.29, 0.717) is 6.07 Å². The van der Waals surface area contributed by atoms with E-state index < -0.39 is 45.8 Å². The lowest BCUT2D eigenvalue weighted by Crippen LogP contribution is -2.08. The standard InChI is InChI=1S/C8H5ClF2N2O4/c9-4-1-3(7(10)11)5(2-6(14)15)12-8(4)13(16)17/h1,7H,2H2,(H,14,15). The van der Waals surface area contributed by atoms with Crippen molar-refractivity contribution >= 4 is 23.4 Å². The molecule has 0 spiro atoms. The summed E-state index contributed by atoms with van der Waals surface area (Å²) in [4.78, 5) is 23.2. The molecule has 0 aliphatic rings. The highest BCUT2D eigenvalue weighted by atomic mass is 35.5. The van der Waals surface area contributed by atoms with Crippen LogP contribution in [0.3, 0.4) is 0 Å². The van der Waals surface area contributed by atoms with Gasteiger partial charge in [0, 0.05) is 0 Å². The molecule has 0 saturated heterocycles. The van der Waals surface area contributed by atoms with Gasteiger partial charge in [-0.2, -0.15) is 0 Å². The third kappa shape index (κ3) is 3.06. The molecule has 0 unspecified atom stereocenters. The number of nitro groups is 1. The lowest BCUT2D eigenvalue weighted by Gasteiger charge is -2.04. The lowest BCUT2D eigenvalue weighted by molar-refractivity contribution is -0.389. The monoisotopic (exact) mass is 266 g/mol. The summed E-state index contributed by atoms with van der Waals surface area (Å²) in [5.41, 5.74) is -1.29. The SMILES string of the molecule is O=C(O)Cc1nc([N+](=O)[O-])c(Cl)cc1C(F)F. The average molecular weight is 267 g/mol. The Kier molecular flexibility index (Phi) is 3.89. The highest BCUT2D eigenvalue weighted by Gasteiger charge is 2.26. The van der Waals surface area contributed by atoms with Crippen molar-refractivity contribution < 1.29 is 23.6 Å². The Labute approximate surface area is 98.0 Å². The van der Waals surface area contributed by atoms with E-state index in [1.165, 1.54) is 0 Å². The van der Waals surface area contributed by atoms with Crippen molar-refractivity contribution in [1.82, 2.24) is 4.98 Å². The van der Waals surface area contributed by atoms with E-state index >= 15 is 0 Å². The molecule has 1 aromatic heterocycles. The molecule has 0 atom stereocenters. The first-order valence-corrected chi connectivity index (χ1v) is 4.54. The zero-order valence-corrected chi connectivity index (χ0v) is 8.82. The van der Waals surface area contributed by atoms with E-state index in [-0.39, 0.29) is 0 Å². The van der Waals surface area contributed by atoms with Crippen molar-refractivity contribution in [3.8, 4) is 0 Å². The van der Waals surface area contributed by atoms with Crippen LogP contribution in [0.2, 0.25) is 5.02 Å². The van der Waals surface area contributed by atoms with Gasteiger partial charge < -0.3 is 15.2 Å². The van der Waals surface area contributed by atoms with Crippen molar-refractivity contribution in [3.05, 3.63) is 32.5 Å². The number of pyridine rings is 1. The molecule has 0 fully saturated rings. The highest BCUT2D eigenvalue weighted by Crippen LogP contribution is 2.30. The van der Waals surface area contributed by atoms with Crippen LogP contribution in [-0.2, 0) is 11.2 Å². The molecule has 92 valence electrons. The molecule has 6 nitrogen and oxygen atoms in total. The van der Waals surface area contributed by atoms with E-state index in [4.69, 9.17) is 16.7 Å². The molecule has 0 aliphatic carbocycles. The van der Waals surface area contributed by atoms with Crippen LogP contribution >= 0.6 is 11.6 Å². The summed E-state index contributed by atoms with van der Waals surface area (Å²) in [6.45, 7) is 0. The Morgan fingerprint density at radius 3 is 2.65 bits per heavy atom. The second-order valence-corrected chi connectivity index (χ2v) is 3.37. The van der Waals surface area contributed by atoms with Gasteiger partial charge in [-0.05, 0) is 16.0 Å². The third-order valence-electron chi connectivity index (χ3n) is 1.80. The van der Waals surface area contributed by atoms with Crippen molar-refractivity contribution in [2.45, 2.75) is 12.8 Å². The van der Waals surface area contributed by atoms with Crippen molar-refractivity contribution in [3.63, 3.8) is 0 Å². The number of rotatable bonds is 4. The van der Waals surface area contributed by atoms with Crippen LogP contribution in [0, 0.1) is 10.1 Å². The largest absolute Gasteiger partial charge is 0.481 e. The van der Waals surface area contributed by atoms with Crippen LogP contribution in [0.1, 0.15) is 17.7 Å². The molecule has 0 aliphatic heterocycles. The first-order chi connectivity index (χ1) is 7.82. The Hall–Kier alpha value is -1.83. The van der Waals surface area contributed by atoms with Gasteiger partial charge in [0.05, 0.1) is 5.56 Å². The van der Waals surface area contributed by atoms with Gasteiger partial charge in [0.25, 0.3) is 6.43 Å². The van der Waals surface area contributed by atoms with E-state index in [1.807, 2.05) is 0 Å². The van der Waals surface area contributed by atoms with Crippen LogP contribution in [0.25, 0.3) is 0 Å². The first kappa shape index (κ1) is 13.2. The number of carbonyl (C=O) groups is 1. The second kappa shape index (κ2) is 5.00. The van der Waals surface area contributed by atoms with Crippen LogP contribution in [0.15, 0.2) is 6.07 Å². The molecule has 0 aromatic carbocycles. The van der Waals surface area contributed by atoms with Crippen molar-refractivity contribution in [1.29, 1.82) is 0 Å². The van der Waals surface area contributed by atoms with Crippen LogP contribution in [0.5, 0.6) is 0 Å². The van der Waals surface area contributed by atoms with E-state index in [9.17, 15) is 23.7 Å². The number of halogens is 3. The summed E-state index contributed by atoms with van der Waals surface area (Å²) in [5, 5.41) is 18.4. The van der Waals surface area contributed by atoms with Gasteiger partial charge in [-0.3, -0.25) is 4.79 Å². The normalized spacial score (nSPS) is 10.6. The summed E-state index contributed by atoms with van der Waals surface area (Å²) in [5.74, 6) is -2.26. The number of aromatic nitrogens is 1. The second-order valence-electron chi connectivity index (χ2n) is 2.96. The molecule has 1 aromatic rings. The first-order valence-electron chi connectivity index (χ1n) is 4.16. The van der Waals surface area contributed by atoms with E-state index in [0.717, 1.165) is 0 Å². The zero-order valence-electron chi connectivity index (χ0n) is 8.06. The zero-order chi connectivity index (χ0) is 13.2. The van der Waals surface area contributed by atoms with Gasteiger partial charge in [0.2, 0.25) is 0 Å². The van der Waals surface area contributed by atoms with Gasteiger partial charge in [-0.15, -0.1) is 0 Å². The fourth-order valence-electron chi connectivity index (χ4n) is 1.13. The predicted octanol–water partition coefficient (Wildman–Crippen LogP) is 2.21. The smallest absolute Gasteiger partial charge is 0.382 e. The Bertz CT molecular complexity index is 481. The Morgan fingerprint density at radius 2 is 2.24 bits per heavy atom. The number of carboxylic acid groups (broad SMARTS) is 1. The Morgan fingerprint density at radius 1 is 1.65 bits per heavy atom. The fraction of sp³-hybridized carbons (Fsp3) is 0.250. The lowest BCUT2D eigenvalue weighted by atomic mass is 10.1. The molecule has 0 saturated carbocycles. The number of aliphatic carboxylic acids is 1. The van der Waals surface area contributed by atoms with Gasteiger partial charge in [-0.1, -0.05) is 11.6 Å². The maximum absolute atomic E-state index is 12.5. The molecule has 17 heavy (non-hydrogen) atoms. The number of nitrogens with zero attached hydrogens (tertiary/aromatic N) is 2. The highest BCUT2D eigenvalue weighted by molar-refractivity contribution is 6.32. The van der Waals surface area contributed by atoms with Crippen molar-refractivity contribution in [2.24, 2.45) is 0 Å². The molecule has 9 heteroatoms. The molecule has 0 radical (unpaired) electrons. The van der Waals surface area contributed by atoms with Gasteiger partial charge >= 0.3 is 11.8 Å². The maximum Gasteiger partial charge on any atom is 0.382 e. The minimum atomic E-state index is -3.00. The van der Waals surface area contributed by atoms with Gasteiger partial charge in [0.15, 0.2) is 5.69 Å². The fourth-order valence-corrected chi connectivity index (χ4v) is 1.36. The summed E-state index contributed by atoms with van der Waals surface area (Å²) >= 11 is 5.39. The van der Waals surface area contributed by atoms with Crippen LogP contribution < -0.4 is 0 Å². The summed E-state index contributed by atoms with van der Waals surface area (Å²) < 4.78 is 25.1. The molecule has 0 amide bonds. The maximum atomic E-state index is 12.5. The van der Waals surface area contributed by atoms with Gasteiger partial charge in [0.1, 0.15) is 11.4 Å². The van der Waals surface area contributed by atoms with Crippen LogP contribution in [0.4, 0.5) is 14.6 Å². The molecule has 1 heterocycles. The molecule has 1 N–H and O–H groups in total. The molecular weight excluding hydrogens is 262 g/mol. The summed E-state index contributed by atoms with van der Waals surface area (Å²) in [6.07, 6.45) is -3.84. The Balaban J connectivity index is 3.36. The molecular formula is C8H5ClF2N2O4. The number of carboxylic acids is 1. The number of hydrogen-bond acceptors (Lipinski definition) is 4. The third-order valence-corrected chi connectivity index (χ3v) is 2.07. The van der Waals surface area contributed by atoms with E-state index in [1.54, 1.807) is 0 Å². The number of alkyl halides is 2. The quantitative estimate of drug-likeness (QED) is 0.666. The van der Waals surface area contributed by atoms with Crippen molar-refractivity contribution in [2.75, 3.05) is 0 Å². The average Bonchev–Trinajstić information content (AvgIpc) is 2.18. The van der Waals surface area contributed by atoms with Crippen LogP contribution in [-0.4, -0.2) is 21.0 Å². The predicted molar refractivity (Wildman–Crippen MR) is 52.2 cm³/mol. The minimum absolute atomic E-state index is 0.556. The minimum Gasteiger partial charge on any atom is -0.481 e. The topological polar surface area (TPSA) is 93.3 Å². The molecule has 1 rings (SSSR count). The summed E-state index contributed by atoms with van der Waals surface area (Å²) in [7, 11) is 0. The van der Waals surface area contributed by atoms with E-state index in [2.05, 4.69) is 4.98 Å². The number of hydrogen-bond donors (Lipinski definition) is 1. The van der Waals surface area contributed by atoms with Gasteiger partial charge in [-0.25, -0.2) is 8.78 Å². The molecule has 0 bridgehead atoms.